The fraction of sp³-hybridized carbons (Fsp3) is 0.133. The molecule has 1 heterocycles. The Morgan fingerprint density at radius 2 is 2.04 bits per heavy atom. The number of halogens is 1. The van der Waals surface area contributed by atoms with Crippen LogP contribution in [0.3, 0.4) is 0 Å². The fourth-order valence-electron chi connectivity index (χ4n) is 2.32. The minimum absolute atomic E-state index is 0.0541. The van der Waals surface area contributed by atoms with E-state index >= 15 is 0 Å². The number of aromatic hydroxyl groups is 1. The van der Waals surface area contributed by atoms with E-state index in [2.05, 4.69) is 20.5 Å². The number of fused-ring (bicyclic) bond motifs is 1. The first kappa shape index (κ1) is 15.1. The van der Waals surface area contributed by atoms with Crippen LogP contribution in [0.25, 0.3) is 10.8 Å². The van der Waals surface area contributed by atoms with E-state index in [0.717, 1.165) is 0 Å². The van der Waals surface area contributed by atoms with E-state index in [1.54, 1.807) is 31.2 Å². The zero-order valence-electron chi connectivity index (χ0n) is 12.1. The Hall–Kier alpha value is -2.80. The minimum Gasteiger partial charge on any atom is -0.506 e. The average Bonchev–Trinajstić information content (AvgIpc) is 2.97. The summed E-state index contributed by atoms with van der Waals surface area (Å²) in [7, 11) is 0. The Morgan fingerprint density at radius 3 is 2.70 bits per heavy atom. The molecule has 8 heteroatoms. The molecule has 1 atom stereocenters. The number of carbonyl (C=O) groups is 1. The smallest absolute Gasteiger partial charge is 0.340 e. The molecule has 2 aromatic carbocycles. The number of H-pyrrole nitrogens is 2. The highest BCUT2D eigenvalue weighted by Crippen LogP contribution is 2.34. The highest BCUT2D eigenvalue weighted by Gasteiger charge is 2.19. The molecule has 0 fully saturated rings. The van der Waals surface area contributed by atoms with E-state index in [1.165, 1.54) is 6.07 Å². The SMILES string of the molecule is C[C@H](NC(=O)c1cc(Cl)c2ccccc2c1O)c1n[nH]c(=O)[nH]1. The van der Waals surface area contributed by atoms with E-state index in [1.807, 2.05) is 0 Å². The molecule has 0 spiro atoms. The van der Waals surface area contributed by atoms with Gasteiger partial charge in [-0.2, -0.15) is 5.10 Å². The lowest BCUT2D eigenvalue weighted by Crippen LogP contribution is -2.27. The first-order valence-corrected chi connectivity index (χ1v) is 7.21. The minimum atomic E-state index is -0.550. The van der Waals surface area contributed by atoms with Crippen LogP contribution in [0.4, 0.5) is 0 Å². The van der Waals surface area contributed by atoms with Gasteiger partial charge in [-0.1, -0.05) is 35.9 Å². The van der Waals surface area contributed by atoms with Crippen molar-refractivity contribution < 1.29 is 9.90 Å². The number of hydrogen-bond acceptors (Lipinski definition) is 4. The molecule has 4 N–H and O–H groups in total. The highest BCUT2D eigenvalue weighted by atomic mass is 35.5. The van der Waals surface area contributed by atoms with E-state index < -0.39 is 17.6 Å². The van der Waals surface area contributed by atoms with Crippen LogP contribution in [0.2, 0.25) is 5.02 Å². The van der Waals surface area contributed by atoms with Crippen molar-refractivity contribution >= 4 is 28.3 Å². The van der Waals surface area contributed by atoms with E-state index in [0.29, 0.717) is 15.8 Å². The Balaban J connectivity index is 1.95. The zero-order valence-corrected chi connectivity index (χ0v) is 12.8. The molecule has 0 bridgehead atoms. The predicted molar refractivity (Wildman–Crippen MR) is 85.7 cm³/mol. The molecule has 0 saturated heterocycles. The largest absolute Gasteiger partial charge is 0.506 e. The molecule has 7 nitrogen and oxygen atoms in total. The molecule has 3 aromatic rings. The molecule has 0 aliphatic rings. The van der Waals surface area contributed by atoms with Crippen LogP contribution in [-0.4, -0.2) is 26.2 Å². The summed E-state index contributed by atoms with van der Waals surface area (Å²) in [6, 6.07) is 7.85. The number of benzene rings is 2. The van der Waals surface area contributed by atoms with Gasteiger partial charge in [-0.15, -0.1) is 0 Å². The van der Waals surface area contributed by atoms with Gasteiger partial charge in [0.1, 0.15) is 5.75 Å². The normalized spacial score (nSPS) is 12.3. The summed E-state index contributed by atoms with van der Waals surface area (Å²) in [5, 5.41) is 20.5. The van der Waals surface area contributed by atoms with Crippen molar-refractivity contribution in [2.75, 3.05) is 0 Å². The van der Waals surface area contributed by atoms with Crippen LogP contribution >= 0.6 is 11.6 Å². The Labute approximate surface area is 135 Å². The maximum absolute atomic E-state index is 12.4. The maximum atomic E-state index is 12.4. The van der Waals surface area contributed by atoms with Crippen LogP contribution in [0.1, 0.15) is 29.1 Å². The van der Waals surface area contributed by atoms with Crippen molar-refractivity contribution in [3.8, 4) is 5.75 Å². The molecule has 0 aliphatic heterocycles. The van der Waals surface area contributed by atoms with Crippen molar-refractivity contribution in [1.29, 1.82) is 0 Å². The third-order valence-corrected chi connectivity index (χ3v) is 3.80. The van der Waals surface area contributed by atoms with Crippen molar-refractivity contribution in [2.45, 2.75) is 13.0 Å². The van der Waals surface area contributed by atoms with Gasteiger partial charge in [0.15, 0.2) is 5.82 Å². The average molecular weight is 333 g/mol. The van der Waals surface area contributed by atoms with Crippen molar-refractivity contribution in [3.05, 3.63) is 57.2 Å². The number of phenols is 1. The third-order valence-electron chi connectivity index (χ3n) is 3.49. The molecule has 1 aromatic heterocycles. The number of nitrogens with one attached hydrogen (secondary N) is 3. The van der Waals surface area contributed by atoms with Gasteiger partial charge in [0.25, 0.3) is 5.91 Å². The molecule has 23 heavy (non-hydrogen) atoms. The van der Waals surface area contributed by atoms with Crippen LogP contribution in [0, 0.1) is 0 Å². The monoisotopic (exact) mass is 332 g/mol. The summed E-state index contributed by atoms with van der Waals surface area (Å²) in [5.74, 6) is -0.383. The molecule has 0 saturated carbocycles. The summed E-state index contributed by atoms with van der Waals surface area (Å²) in [4.78, 5) is 25.9. The second-order valence-corrected chi connectivity index (χ2v) is 5.47. The van der Waals surface area contributed by atoms with Gasteiger partial charge in [0.2, 0.25) is 0 Å². The quantitative estimate of drug-likeness (QED) is 0.588. The maximum Gasteiger partial charge on any atom is 0.340 e. The van der Waals surface area contributed by atoms with Crippen LogP contribution in [0.15, 0.2) is 35.1 Å². The number of nitrogens with zero attached hydrogens (tertiary/aromatic N) is 1. The molecule has 1 amide bonds. The van der Waals surface area contributed by atoms with Crippen molar-refractivity contribution in [2.24, 2.45) is 0 Å². The Bertz CT molecular complexity index is 947. The molecular formula is C15H13ClN4O3. The van der Waals surface area contributed by atoms with Gasteiger partial charge in [-0.25, -0.2) is 9.89 Å². The van der Waals surface area contributed by atoms with Crippen LogP contribution in [-0.2, 0) is 0 Å². The standard InChI is InChI=1S/C15H13ClN4O3/c1-7(13-18-15(23)20-19-13)17-14(22)10-6-11(16)8-4-2-3-5-9(8)12(10)21/h2-7,21H,1H3,(H,17,22)(H2,18,19,20,23)/t7-/m0/s1. The summed E-state index contributed by atoms with van der Waals surface area (Å²) in [5.41, 5.74) is -0.406. The number of aromatic nitrogens is 3. The van der Waals surface area contributed by atoms with Crippen LogP contribution in [0.5, 0.6) is 5.75 Å². The molecule has 0 unspecified atom stereocenters. The zero-order chi connectivity index (χ0) is 16.6. The molecule has 3 rings (SSSR count). The Kier molecular flexibility index (Phi) is 3.79. The molecule has 118 valence electrons. The second-order valence-electron chi connectivity index (χ2n) is 5.06. The Morgan fingerprint density at radius 1 is 1.35 bits per heavy atom. The van der Waals surface area contributed by atoms with E-state index in [4.69, 9.17) is 11.6 Å². The molecule has 0 aliphatic carbocycles. The lowest BCUT2D eigenvalue weighted by Gasteiger charge is -2.13. The summed E-state index contributed by atoms with van der Waals surface area (Å²) < 4.78 is 0. The number of amides is 1. The summed E-state index contributed by atoms with van der Waals surface area (Å²) in [6.45, 7) is 1.66. The van der Waals surface area contributed by atoms with Gasteiger partial charge >= 0.3 is 5.69 Å². The lowest BCUT2D eigenvalue weighted by molar-refractivity contribution is 0.0936. The van der Waals surface area contributed by atoms with Gasteiger partial charge in [-0.05, 0) is 13.0 Å². The van der Waals surface area contributed by atoms with Gasteiger partial charge in [0, 0.05) is 15.8 Å². The summed E-state index contributed by atoms with van der Waals surface area (Å²) in [6.07, 6.45) is 0. The number of phenolic OH excluding ortho intramolecular Hbond substituents is 1. The van der Waals surface area contributed by atoms with Crippen molar-refractivity contribution in [1.82, 2.24) is 20.5 Å². The number of rotatable bonds is 3. The topological polar surface area (TPSA) is 111 Å². The number of aromatic amines is 2. The van der Waals surface area contributed by atoms with Crippen molar-refractivity contribution in [3.63, 3.8) is 0 Å². The van der Waals surface area contributed by atoms with Gasteiger partial charge in [0.05, 0.1) is 11.6 Å². The predicted octanol–water partition coefficient (Wildman–Crippen LogP) is 2.10. The first-order valence-electron chi connectivity index (χ1n) is 6.83. The fourth-order valence-corrected chi connectivity index (χ4v) is 2.59. The van der Waals surface area contributed by atoms with E-state index in [9.17, 15) is 14.7 Å². The number of carbonyl (C=O) groups excluding carboxylic acids is 1. The van der Waals surface area contributed by atoms with Gasteiger partial charge in [-0.3, -0.25) is 9.78 Å². The second kappa shape index (κ2) is 5.77. The highest BCUT2D eigenvalue weighted by molar-refractivity contribution is 6.36. The lowest BCUT2D eigenvalue weighted by atomic mass is 10.0. The van der Waals surface area contributed by atoms with Gasteiger partial charge < -0.3 is 10.4 Å². The number of hydrogen-bond donors (Lipinski definition) is 4. The third kappa shape index (κ3) is 2.78. The first-order chi connectivity index (χ1) is 11.0. The summed E-state index contributed by atoms with van der Waals surface area (Å²) >= 11 is 6.18. The molecule has 0 radical (unpaired) electrons. The van der Waals surface area contributed by atoms with E-state index in [-0.39, 0.29) is 17.1 Å². The molecular weight excluding hydrogens is 320 g/mol. The van der Waals surface area contributed by atoms with Crippen LogP contribution < -0.4 is 11.0 Å².